The highest BCUT2D eigenvalue weighted by atomic mass is 32.2. The summed E-state index contributed by atoms with van der Waals surface area (Å²) in [5, 5.41) is 0. The standard InChI is InChI=1S/C24H21F3N4O4S2/c1-3-36(32,33)20-10-17(16-8-6-15(7-9-16)14-4-5-14)12-28-21(20)23-30-19-11-18(13-29-22(19)31(23)2)37(34,35)24(25,26)27/h6-14H,3-5H2,1-2H3. The predicted molar refractivity (Wildman–Crippen MR) is 130 cm³/mol. The molecule has 1 aromatic carbocycles. The topological polar surface area (TPSA) is 112 Å². The Morgan fingerprint density at radius 1 is 0.973 bits per heavy atom. The van der Waals surface area contributed by atoms with Gasteiger partial charge in [0, 0.05) is 25.0 Å². The fourth-order valence-corrected chi connectivity index (χ4v) is 5.86. The molecule has 0 bridgehead atoms. The number of hydrogen-bond acceptors (Lipinski definition) is 7. The van der Waals surface area contributed by atoms with Gasteiger partial charge in [-0.05, 0) is 42.0 Å². The number of imidazole rings is 1. The lowest BCUT2D eigenvalue weighted by Crippen LogP contribution is -2.23. The van der Waals surface area contributed by atoms with E-state index in [1.807, 2.05) is 24.3 Å². The molecule has 0 unspecified atom stereocenters. The van der Waals surface area contributed by atoms with Gasteiger partial charge in [0.05, 0.1) is 15.5 Å². The highest BCUT2D eigenvalue weighted by molar-refractivity contribution is 7.92. The molecule has 13 heteroatoms. The summed E-state index contributed by atoms with van der Waals surface area (Å²) >= 11 is 0. The molecule has 194 valence electrons. The third kappa shape index (κ3) is 4.39. The van der Waals surface area contributed by atoms with Gasteiger partial charge in [-0.3, -0.25) is 4.98 Å². The van der Waals surface area contributed by atoms with E-state index in [1.54, 1.807) is 0 Å². The van der Waals surface area contributed by atoms with Crippen LogP contribution >= 0.6 is 0 Å². The van der Waals surface area contributed by atoms with Crippen molar-refractivity contribution in [1.82, 2.24) is 19.5 Å². The van der Waals surface area contributed by atoms with Crippen molar-refractivity contribution in [3.8, 4) is 22.6 Å². The summed E-state index contributed by atoms with van der Waals surface area (Å²) in [6.45, 7) is 1.49. The lowest BCUT2D eigenvalue weighted by atomic mass is 10.0. The molecule has 0 radical (unpaired) electrons. The van der Waals surface area contributed by atoms with Crippen LogP contribution in [0.4, 0.5) is 13.2 Å². The average molecular weight is 551 g/mol. The summed E-state index contributed by atoms with van der Waals surface area (Å²) in [6.07, 6.45) is 4.42. The second-order valence-electron chi connectivity index (χ2n) is 8.83. The SMILES string of the molecule is CCS(=O)(=O)c1cc(-c2ccc(C3CC3)cc2)cnc1-c1nc2cc(S(=O)(=O)C(F)(F)F)cnc2n1C. The van der Waals surface area contributed by atoms with Crippen LogP contribution in [0.1, 0.15) is 31.2 Å². The van der Waals surface area contributed by atoms with E-state index in [9.17, 15) is 30.0 Å². The number of pyridine rings is 2. The number of aromatic nitrogens is 4. The highest BCUT2D eigenvalue weighted by Crippen LogP contribution is 2.41. The minimum absolute atomic E-state index is 0.0130. The van der Waals surface area contributed by atoms with E-state index in [0.29, 0.717) is 17.7 Å². The lowest BCUT2D eigenvalue weighted by molar-refractivity contribution is -0.0436. The molecule has 1 saturated carbocycles. The van der Waals surface area contributed by atoms with Crippen LogP contribution < -0.4 is 0 Å². The smallest absolute Gasteiger partial charge is 0.310 e. The van der Waals surface area contributed by atoms with Gasteiger partial charge >= 0.3 is 5.51 Å². The summed E-state index contributed by atoms with van der Waals surface area (Å²) in [5.74, 6) is 0.372. The molecular weight excluding hydrogens is 529 g/mol. The van der Waals surface area contributed by atoms with Crippen LogP contribution in [-0.2, 0) is 26.7 Å². The van der Waals surface area contributed by atoms with Gasteiger partial charge in [-0.15, -0.1) is 0 Å². The highest BCUT2D eigenvalue weighted by Gasteiger charge is 2.47. The summed E-state index contributed by atoms with van der Waals surface area (Å²) in [7, 11) is -7.95. The summed E-state index contributed by atoms with van der Waals surface area (Å²) in [5.41, 5.74) is -3.01. The van der Waals surface area contributed by atoms with Crippen LogP contribution in [0.15, 0.2) is 58.6 Å². The van der Waals surface area contributed by atoms with E-state index in [-0.39, 0.29) is 33.3 Å². The first-order valence-corrected chi connectivity index (χ1v) is 14.4. The van der Waals surface area contributed by atoms with Crippen molar-refractivity contribution in [2.45, 2.75) is 41.0 Å². The first kappa shape index (κ1) is 25.3. The fourth-order valence-electron chi connectivity index (χ4n) is 4.08. The van der Waals surface area contributed by atoms with Gasteiger partial charge in [0.15, 0.2) is 21.3 Å². The minimum atomic E-state index is -5.64. The van der Waals surface area contributed by atoms with Crippen LogP contribution in [0.2, 0.25) is 0 Å². The van der Waals surface area contributed by atoms with Crippen molar-refractivity contribution < 1.29 is 30.0 Å². The summed E-state index contributed by atoms with van der Waals surface area (Å²) in [4.78, 5) is 11.3. The van der Waals surface area contributed by atoms with E-state index < -0.39 is 30.1 Å². The number of nitrogens with zero attached hydrogens (tertiary/aromatic N) is 4. The normalized spacial score (nSPS) is 14.8. The number of fused-ring (bicyclic) bond motifs is 1. The number of alkyl halides is 3. The molecule has 3 aromatic heterocycles. The fraction of sp³-hybridized carbons (Fsp3) is 0.292. The molecule has 0 amide bonds. The molecule has 3 heterocycles. The van der Waals surface area contributed by atoms with Gasteiger partial charge < -0.3 is 4.57 Å². The summed E-state index contributed by atoms with van der Waals surface area (Å²) < 4.78 is 90.2. The average Bonchev–Trinajstić information content (AvgIpc) is 3.66. The molecule has 1 fully saturated rings. The van der Waals surface area contributed by atoms with Crippen LogP contribution in [-0.4, -0.2) is 47.6 Å². The number of halogens is 3. The molecule has 0 spiro atoms. The number of benzene rings is 1. The van der Waals surface area contributed by atoms with Crippen LogP contribution in [0.25, 0.3) is 33.8 Å². The Hall–Kier alpha value is -3.32. The second-order valence-corrected chi connectivity index (χ2v) is 13.0. The number of aryl methyl sites for hydroxylation is 1. The Morgan fingerprint density at radius 2 is 1.65 bits per heavy atom. The van der Waals surface area contributed by atoms with Crippen LogP contribution in [0.5, 0.6) is 0 Å². The Morgan fingerprint density at radius 3 is 2.24 bits per heavy atom. The quantitative estimate of drug-likeness (QED) is 0.343. The first-order valence-electron chi connectivity index (χ1n) is 11.3. The largest absolute Gasteiger partial charge is 0.501 e. The molecule has 0 N–H and O–H groups in total. The minimum Gasteiger partial charge on any atom is -0.310 e. The van der Waals surface area contributed by atoms with Crippen molar-refractivity contribution in [2.75, 3.05) is 5.75 Å². The van der Waals surface area contributed by atoms with E-state index in [2.05, 4.69) is 15.0 Å². The summed E-state index contributed by atoms with van der Waals surface area (Å²) in [6, 6.07) is 10.1. The van der Waals surface area contributed by atoms with E-state index in [4.69, 9.17) is 0 Å². The van der Waals surface area contributed by atoms with Gasteiger partial charge in [0.25, 0.3) is 9.84 Å². The molecule has 37 heavy (non-hydrogen) atoms. The van der Waals surface area contributed by atoms with Gasteiger partial charge in [-0.2, -0.15) is 13.2 Å². The van der Waals surface area contributed by atoms with Crippen LogP contribution in [0, 0.1) is 0 Å². The third-order valence-corrected chi connectivity index (χ3v) is 9.57. The third-order valence-electron chi connectivity index (χ3n) is 6.37. The lowest BCUT2D eigenvalue weighted by Gasteiger charge is -2.11. The van der Waals surface area contributed by atoms with Crippen molar-refractivity contribution in [3.63, 3.8) is 0 Å². The molecule has 0 aliphatic heterocycles. The molecule has 1 aliphatic carbocycles. The van der Waals surface area contributed by atoms with Gasteiger partial charge in [0.1, 0.15) is 11.2 Å². The zero-order chi connectivity index (χ0) is 26.8. The van der Waals surface area contributed by atoms with Crippen molar-refractivity contribution in [1.29, 1.82) is 0 Å². The second kappa shape index (κ2) is 8.62. The maximum Gasteiger partial charge on any atom is 0.501 e. The Balaban J connectivity index is 1.64. The zero-order valence-corrected chi connectivity index (χ0v) is 21.3. The molecule has 8 nitrogen and oxygen atoms in total. The van der Waals surface area contributed by atoms with E-state index >= 15 is 0 Å². The molecule has 1 aliphatic rings. The molecular formula is C24H21F3N4O4S2. The Kier molecular flexibility index (Phi) is 5.90. The Labute approximate surface area is 211 Å². The number of hydrogen-bond donors (Lipinski definition) is 0. The molecule has 0 saturated heterocycles. The monoisotopic (exact) mass is 550 g/mol. The maximum absolute atomic E-state index is 13.1. The van der Waals surface area contributed by atoms with E-state index in [0.717, 1.165) is 24.5 Å². The van der Waals surface area contributed by atoms with Crippen molar-refractivity contribution in [3.05, 3.63) is 54.4 Å². The Bertz CT molecular complexity index is 1740. The zero-order valence-electron chi connectivity index (χ0n) is 19.7. The van der Waals surface area contributed by atoms with Gasteiger partial charge in [-0.1, -0.05) is 31.2 Å². The first-order chi connectivity index (χ1) is 17.3. The van der Waals surface area contributed by atoms with Crippen molar-refractivity contribution in [2.24, 2.45) is 7.05 Å². The van der Waals surface area contributed by atoms with E-state index in [1.165, 1.54) is 36.4 Å². The molecule has 5 rings (SSSR count). The molecule has 0 atom stereocenters. The van der Waals surface area contributed by atoms with Crippen molar-refractivity contribution >= 4 is 30.8 Å². The van der Waals surface area contributed by atoms with Crippen LogP contribution in [0.3, 0.4) is 0 Å². The number of sulfone groups is 2. The molecule has 4 aromatic rings. The maximum atomic E-state index is 13.1. The predicted octanol–water partition coefficient (Wildman–Crippen LogP) is 4.66. The number of rotatable bonds is 6. The van der Waals surface area contributed by atoms with Gasteiger partial charge in [-0.25, -0.2) is 26.8 Å². The van der Waals surface area contributed by atoms with Gasteiger partial charge in [0.2, 0.25) is 0 Å².